The molecule has 0 nitrogen and oxygen atoms in total. The number of hydrogen-bond donors (Lipinski definition) is 0. The Hall–Kier alpha value is -2.55. The maximum absolute atomic E-state index is 15.1. The lowest BCUT2D eigenvalue weighted by molar-refractivity contribution is 0.577. The van der Waals surface area contributed by atoms with Gasteiger partial charge in [-0.3, -0.25) is 0 Å². The average molecular weight is 338 g/mol. The minimum absolute atomic E-state index is 0.0765. The first-order valence-corrected chi connectivity index (χ1v) is 8.47. The Balaban J connectivity index is 1.90. The molecule has 0 aliphatic heterocycles. The molecule has 0 radical (unpaired) electrons. The molecule has 0 fully saturated rings. The third-order valence-electron chi connectivity index (χ3n) is 4.96. The predicted molar refractivity (Wildman–Crippen MR) is 94.0 cm³/mol. The van der Waals surface area contributed by atoms with Crippen LogP contribution in [0.1, 0.15) is 23.6 Å². The monoisotopic (exact) mass is 338 g/mol. The van der Waals surface area contributed by atoms with E-state index in [4.69, 9.17) is 0 Å². The summed E-state index contributed by atoms with van der Waals surface area (Å²) in [5.41, 5.74) is 4.72. The Bertz CT molecular complexity index is 956. The van der Waals surface area contributed by atoms with Crippen molar-refractivity contribution in [3.63, 3.8) is 0 Å². The summed E-state index contributed by atoms with van der Waals surface area (Å²) in [6.07, 6.45) is 2.21. The van der Waals surface area contributed by atoms with Gasteiger partial charge in [-0.1, -0.05) is 37.3 Å². The molecule has 0 heterocycles. The van der Waals surface area contributed by atoms with Gasteiger partial charge in [0.1, 0.15) is 17.5 Å². The molecule has 0 unspecified atom stereocenters. The first kappa shape index (κ1) is 15.9. The van der Waals surface area contributed by atoms with Crippen molar-refractivity contribution < 1.29 is 13.2 Å². The number of halogens is 3. The van der Waals surface area contributed by atoms with E-state index in [1.807, 2.05) is 12.1 Å². The lowest BCUT2D eigenvalue weighted by Crippen LogP contribution is -2.09. The molecule has 1 aliphatic carbocycles. The second-order valence-electron chi connectivity index (χ2n) is 6.43. The van der Waals surface area contributed by atoms with Crippen molar-refractivity contribution in [3.05, 3.63) is 82.7 Å². The highest BCUT2D eigenvalue weighted by Gasteiger charge is 2.25. The topological polar surface area (TPSA) is 0 Å². The minimum atomic E-state index is -0.615. The molecular weight excluding hydrogens is 321 g/mol. The quantitative estimate of drug-likeness (QED) is 0.530. The summed E-state index contributed by atoms with van der Waals surface area (Å²) in [4.78, 5) is 0. The van der Waals surface area contributed by atoms with Gasteiger partial charge in [-0.15, -0.1) is 0 Å². The number of aryl methyl sites for hydroxylation is 2. The van der Waals surface area contributed by atoms with Crippen molar-refractivity contribution in [2.75, 3.05) is 0 Å². The molecule has 0 N–H and O–H groups in total. The molecule has 126 valence electrons. The number of rotatable bonds is 2. The zero-order valence-corrected chi connectivity index (χ0v) is 13.9. The van der Waals surface area contributed by atoms with Crippen LogP contribution < -0.4 is 0 Å². The molecule has 3 heteroatoms. The van der Waals surface area contributed by atoms with Crippen LogP contribution in [-0.2, 0) is 19.3 Å². The lowest BCUT2D eigenvalue weighted by atomic mass is 9.82. The van der Waals surface area contributed by atoms with Gasteiger partial charge in [0.2, 0.25) is 0 Å². The Labute approximate surface area is 144 Å². The summed E-state index contributed by atoms with van der Waals surface area (Å²) in [7, 11) is 0. The van der Waals surface area contributed by atoms with E-state index < -0.39 is 17.5 Å². The van der Waals surface area contributed by atoms with E-state index in [0.29, 0.717) is 23.1 Å². The second-order valence-corrected chi connectivity index (χ2v) is 6.43. The Morgan fingerprint density at radius 1 is 0.840 bits per heavy atom. The van der Waals surface area contributed by atoms with Gasteiger partial charge >= 0.3 is 0 Å². The lowest BCUT2D eigenvalue weighted by Gasteiger charge is -2.23. The normalized spacial score (nSPS) is 12.6. The largest absolute Gasteiger partial charge is 0.207 e. The maximum atomic E-state index is 15.1. The van der Waals surface area contributed by atoms with Crippen LogP contribution in [0.15, 0.2) is 48.5 Å². The molecule has 0 aromatic heterocycles. The van der Waals surface area contributed by atoms with Crippen molar-refractivity contribution in [1.82, 2.24) is 0 Å². The Morgan fingerprint density at radius 2 is 1.60 bits per heavy atom. The fourth-order valence-electron chi connectivity index (χ4n) is 3.62. The molecule has 0 atom stereocenters. The number of fused-ring (bicyclic) bond motifs is 3. The van der Waals surface area contributed by atoms with Gasteiger partial charge in [0.25, 0.3) is 0 Å². The SMILES string of the molecule is CCc1ccc2c(c1)CCc1c-2cc(F)c(-c2ccc(F)cc2)c1F. The highest BCUT2D eigenvalue weighted by molar-refractivity contribution is 5.78. The third-order valence-corrected chi connectivity index (χ3v) is 4.96. The Morgan fingerprint density at radius 3 is 2.32 bits per heavy atom. The van der Waals surface area contributed by atoms with E-state index in [0.717, 1.165) is 24.0 Å². The summed E-state index contributed by atoms with van der Waals surface area (Å²) in [6.45, 7) is 2.09. The molecular formula is C22H17F3. The minimum Gasteiger partial charge on any atom is -0.207 e. The van der Waals surface area contributed by atoms with Gasteiger partial charge in [-0.25, -0.2) is 13.2 Å². The standard InChI is InChI=1S/C22H17F3/c1-2-13-3-9-17-15(11-13)6-10-18-19(17)12-20(24)21(22(18)25)14-4-7-16(23)8-5-14/h3-5,7-9,11-12H,2,6,10H2,1H3. The van der Waals surface area contributed by atoms with Gasteiger partial charge in [-0.2, -0.15) is 0 Å². The fraction of sp³-hybridized carbons (Fsp3) is 0.182. The Kier molecular flexibility index (Phi) is 3.87. The highest BCUT2D eigenvalue weighted by Crippen LogP contribution is 2.40. The molecule has 25 heavy (non-hydrogen) atoms. The van der Waals surface area contributed by atoms with Crippen molar-refractivity contribution in [2.45, 2.75) is 26.2 Å². The number of hydrogen-bond acceptors (Lipinski definition) is 0. The highest BCUT2D eigenvalue weighted by atomic mass is 19.1. The molecule has 0 saturated heterocycles. The van der Waals surface area contributed by atoms with Crippen molar-refractivity contribution in [3.8, 4) is 22.3 Å². The summed E-state index contributed by atoms with van der Waals surface area (Å²) in [6, 6.07) is 12.8. The van der Waals surface area contributed by atoms with Crippen LogP contribution >= 0.6 is 0 Å². The van der Waals surface area contributed by atoms with Gasteiger partial charge in [0, 0.05) is 0 Å². The van der Waals surface area contributed by atoms with Gasteiger partial charge in [0.05, 0.1) is 5.56 Å². The van der Waals surface area contributed by atoms with Crippen LogP contribution in [0.25, 0.3) is 22.3 Å². The summed E-state index contributed by atoms with van der Waals surface area (Å²) >= 11 is 0. The molecule has 0 saturated carbocycles. The molecule has 1 aliphatic rings. The van der Waals surface area contributed by atoms with Crippen LogP contribution in [-0.4, -0.2) is 0 Å². The van der Waals surface area contributed by atoms with E-state index in [-0.39, 0.29) is 5.56 Å². The van der Waals surface area contributed by atoms with E-state index >= 15 is 4.39 Å². The average Bonchev–Trinajstić information content (AvgIpc) is 2.62. The van der Waals surface area contributed by atoms with E-state index in [1.54, 1.807) is 0 Å². The molecule has 3 aromatic carbocycles. The molecule has 0 amide bonds. The maximum Gasteiger partial charge on any atom is 0.137 e. The van der Waals surface area contributed by atoms with Crippen LogP contribution in [0.2, 0.25) is 0 Å². The van der Waals surface area contributed by atoms with E-state index in [9.17, 15) is 8.78 Å². The van der Waals surface area contributed by atoms with Gasteiger partial charge < -0.3 is 0 Å². The zero-order chi connectivity index (χ0) is 17.6. The van der Waals surface area contributed by atoms with Crippen LogP contribution in [0.4, 0.5) is 13.2 Å². The van der Waals surface area contributed by atoms with E-state index in [2.05, 4.69) is 13.0 Å². The molecule has 0 spiro atoms. The van der Waals surface area contributed by atoms with Crippen LogP contribution in [0.5, 0.6) is 0 Å². The van der Waals surface area contributed by atoms with Crippen molar-refractivity contribution in [2.24, 2.45) is 0 Å². The summed E-state index contributed by atoms with van der Waals surface area (Å²) in [5, 5.41) is 0. The van der Waals surface area contributed by atoms with Crippen LogP contribution in [0, 0.1) is 17.5 Å². The van der Waals surface area contributed by atoms with E-state index in [1.165, 1.54) is 35.9 Å². The van der Waals surface area contributed by atoms with Crippen molar-refractivity contribution >= 4 is 0 Å². The van der Waals surface area contributed by atoms with Gasteiger partial charge in [-0.05, 0) is 70.8 Å². The predicted octanol–water partition coefficient (Wildman–Crippen LogP) is 6.10. The summed E-state index contributed by atoms with van der Waals surface area (Å²) < 4.78 is 43.0. The second kappa shape index (κ2) is 6.07. The number of benzene rings is 3. The molecule has 0 bridgehead atoms. The first-order valence-electron chi connectivity index (χ1n) is 8.47. The smallest absolute Gasteiger partial charge is 0.137 e. The fourth-order valence-corrected chi connectivity index (χ4v) is 3.62. The zero-order valence-electron chi connectivity index (χ0n) is 13.9. The van der Waals surface area contributed by atoms with Crippen molar-refractivity contribution in [1.29, 1.82) is 0 Å². The van der Waals surface area contributed by atoms with Gasteiger partial charge in [0.15, 0.2) is 0 Å². The molecule has 4 rings (SSSR count). The molecule has 3 aromatic rings. The summed E-state index contributed by atoms with van der Waals surface area (Å²) in [5.74, 6) is -1.58. The first-order chi connectivity index (χ1) is 12.1. The third kappa shape index (κ3) is 2.64. The van der Waals surface area contributed by atoms with Crippen LogP contribution in [0.3, 0.4) is 0 Å².